The van der Waals surface area contributed by atoms with E-state index in [0.717, 1.165) is 23.9 Å². The molecule has 0 bridgehead atoms. The topological polar surface area (TPSA) is 37.8 Å². The van der Waals surface area contributed by atoms with E-state index in [-0.39, 0.29) is 0 Å². The molecular weight excluding hydrogens is 162 g/mol. The second-order valence-electron chi connectivity index (χ2n) is 3.28. The standard InChI is InChI=1S/C10H9N3/c1-3-11-9-5-8-2-4-12-13-10(8)6-7(1)9/h2,4-6,11H,1,3H2. The summed E-state index contributed by atoms with van der Waals surface area (Å²) >= 11 is 0. The predicted octanol–water partition coefficient (Wildman–Crippen LogP) is 1.60. The number of anilines is 1. The van der Waals surface area contributed by atoms with Gasteiger partial charge in [-0.3, -0.25) is 0 Å². The van der Waals surface area contributed by atoms with E-state index >= 15 is 0 Å². The minimum atomic E-state index is 0.991. The average molecular weight is 171 g/mol. The molecule has 1 aliphatic heterocycles. The molecule has 13 heavy (non-hydrogen) atoms. The Kier molecular flexibility index (Phi) is 1.27. The van der Waals surface area contributed by atoms with Crippen molar-refractivity contribution in [3.05, 3.63) is 30.0 Å². The van der Waals surface area contributed by atoms with Crippen molar-refractivity contribution < 1.29 is 0 Å². The highest BCUT2D eigenvalue weighted by molar-refractivity contribution is 5.84. The van der Waals surface area contributed by atoms with E-state index in [1.807, 2.05) is 6.07 Å². The van der Waals surface area contributed by atoms with E-state index in [2.05, 4.69) is 27.6 Å². The van der Waals surface area contributed by atoms with E-state index in [1.54, 1.807) is 6.20 Å². The van der Waals surface area contributed by atoms with Gasteiger partial charge in [0.25, 0.3) is 0 Å². The van der Waals surface area contributed by atoms with Crippen molar-refractivity contribution in [3.63, 3.8) is 0 Å². The number of fused-ring (bicyclic) bond motifs is 2. The molecule has 0 unspecified atom stereocenters. The summed E-state index contributed by atoms with van der Waals surface area (Å²) in [7, 11) is 0. The van der Waals surface area contributed by atoms with Gasteiger partial charge in [-0.2, -0.15) is 10.2 Å². The first kappa shape index (κ1) is 6.83. The van der Waals surface area contributed by atoms with Crippen LogP contribution in [0.1, 0.15) is 5.56 Å². The Morgan fingerprint density at radius 2 is 2.31 bits per heavy atom. The molecule has 0 saturated heterocycles. The lowest BCUT2D eigenvalue weighted by Gasteiger charge is -2.00. The van der Waals surface area contributed by atoms with Crippen molar-refractivity contribution in [2.75, 3.05) is 11.9 Å². The van der Waals surface area contributed by atoms with Crippen molar-refractivity contribution in [2.24, 2.45) is 0 Å². The van der Waals surface area contributed by atoms with Gasteiger partial charge in [0.2, 0.25) is 0 Å². The second kappa shape index (κ2) is 2.42. The first-order valence-electron chi connectivity index (χ1n) is 4.42. The summed E-state index contributed by atoms with van der Waals surface area (Å²) in [6.07, 6.45) is 2.82. The number of nitrogens with zero attached hydrogens (tertiary/aromatic N) is 2. The summed E-state index contributed by atoms with van der Waals surface area (Å²) in [6, 6.07) is 6.26. The van der Waals surface area contributed by atoms with E-state index in [9.17, 15) is 0 Å². The molecule has 1 N–H and O–H groups in total. The number of hydrogen-bond donors (Lipinski definition) is 1. The molecule has 1 aromatic heterocycles. The van der Waals surface area contributed by atoms with Crippen LogP contribution >= 0.6 is 0 Å². The van der Waals surface area contributed by atoms with Crippen LogP contribution in [0.4, 0.5) is 5.69 Å². The highest BCUT2D eigenvalue weighted by atomic mass is 15.1. The van der Waals surface area contributed by atoms with Crippen LogP contribution in [-0.2, 0) is 6.42 Å². The summed E-state index contributed by atoms with van der Waals surface area (Å²) in [5, 5.41) is 12.4. The number of benzene rings is 1. The molecule has 1 aromatic carbocycles. The zero-order valence-corrected chi connectivity index (χ0v) is 7.12. The molecule has 3 heteroatoms. The van der Waals surface area contributed by atoms with Gasteiger partial charge < -0.3 is 5.32 Å². The maximum Gasteiger partial charge on any atom is 0.0933 e. The van der Waals surface area contributed by atoms with Crippen molar-refractivity contribution in [3.8, 4) is 0 Å². The van der Waals surface area contributed by atoms with Crippen LogP contribution in [0.3, 0.4) is 0 Å². The first-order chi connectivity index (χ1) is 6.43. The van der Waals surface area contributed by atoms with Gasteiger partial charge in [-0.1, -0.05) is 0 Å². The zero-order chi connectivity index (χ0) is 8.67. The van der Waals surface area contributed by atoms with Gasteiger partial charge >= 0.3 is 0 Å². The van der Waals surface area contributed by atoms with Gasteiger partial charge in [0, 0.05) is 17.6 Å². The van der Waals surface area contributed by atoms with Crippen LogP contribution in [0.5, 0.6) is 0 Å². The molecule has 3 rings (SSSR count). The predicted molar refractivity (Wildman–Crippen MR) is 51.7 cm³/mol. The Balaban J connectivity index is 2.36. The van der Waals surface area contributed by atoms with E-state index < -0.39 is 0 Å². The lowest BCUT2D eigenvalue weighted by atomic mass is 10.1. The van der Waals surface area contributed by atoms with Gasteiger partial charge in [0.1, 0.15) is 0 Å². The van der Waals surface area contributed by atoms with Crippen molar-refractivity contribution in [1.82, 2.24) is 10.2 Å². The van der Waals surface area contributed by atoms with Crippen molar-refractivity contribution in [1.29, 1.82) is 0 Å². The molecule has 0 radical (unpaired) electrons. The fourth-order valence-electron chi connectivity index (χ4n) is 1.78. The molecule has 0 fully saturated rings. The van der Waals surface area contributed by atoms with Gasteiger partial charge in [-0.15, -0.1) is 0 Å². The normalized spacial score (nSPS) is 14.2. The Morgan fingerprint density at radius 1 is 1.31 bits per heavy atom. The third-order valence-corrected chi connectivity index (χ3v) is 2.45. The molecule has 1 aliphatic rings. The number of rotatable bonds is 0. The van der Waals surface area contributed by atoms with Crippen LogP contribution in [0.25, 0.3) is 10.9 Å². The summed E-state index contributed by atoms with van der Waals surface area (Å²) in [4.78, 5) is 0. The molecule has 0 saturated carbocycles. The molecule has 2 aromatic rings. The maximum absolute atomic E-state index is 4.08. The number of nitrogens with one attached hydrogen (secondary N) is 1. The van der Waals surface area contributed by atoms with Crippen LogP contribution in [0.2, 0.25) is 0 Å². The van der Waals surface area contributed by atoms with Crippen LogP contribution in [0, 0.1) is 0 Å². The Hall–Kier alpha value is -1.64. The number of hydrogen-bond acceptors (Lipinski definition) is 3. The summed E-state index contributed by atoms with van der Waals surface area (Å²) in [5.74, 6) is 0. The molecule has 2 heterocycles. The summed E-state index contributed by atoms with van der Waals surface area (Å²) < 4.78 is 0. The SMILES string of the molecule is c1cc2cc3c(cc2nn1)CCN3. The fraction of sp³-hybridized carbons (Fsp3) is 0.200. The Morgan fingerprint density at radius 3 is 3.31 bits per heavy atom. The highest BCUT2D eigenvalue weighted by Crippen LogP contribution is 2.26. The third kappa shape index (κ3) is 0.967. The van der Waals surface area contributed by atoms with Crippen molar-refractivity contribution in [2.45, 2.75) is 6.42 Å². The van der Waals surface area contributed by atoms with Crippen molar-refractivity contribution >= 4 is 16.6 Å². The maximum atomic E-state index is 4.08. The quantitative estimate of drug-likeness (QED) is 0.654. The first-order valence-corrected chi connectivity index (χ1v) is 4.42. The smallest absolute Gasteiger partial charge is 0.0933 e. The minimum Gasteiger partial charge on any atom is -0.384 e. The molecule has 0 spiro atoms. The molecule has 0 atom stereocenters. The third-order valence-electron chi connectivity index (χ3n) is 2.45. The Bertz CT molecular complexity index is 422. The Labute approximate surface area is 75.8 Å². The average Bonchev–Trinajstić information content (AvgIpc) is 2.61. The zero-order valence-electron chi connectivity index (χ0n) is 7.12. The van der Waals surface area contributed by atoms with Gasteiger partial charge in [0.05, 0.1) is 11.7 Å². The molecule has 3 nitrogen and oxygen atoms in total. The molecule has 0 aliphatic carbocycles. The van der Waals surface area contributed by atoms with E-state index in [0.29, 0.717) is 0 Å². The lowest BCUT2D eigenvalue weighted by molar-refractivity contribution is 1.07. The molecular formula is C10H9N3. The van der Waals surface area contributed by atoms with Gasteiger partial charge in [-0.05, 0) is 30.2 Å². The molecule has 64 valence electrons. The van der Waals surface area contributed by atoms with Crippen LogP contribution in [0.15, 0.2) is 24.4 Å². The van der Waals surface area contributed by atoms with E-state index in [4.69, 9.17) is 0 Å². The van der Waals surface area contributed by atoms with Crippen LogP contribution in [-0.4, -0.2) is 16.7 Å². The minimum absolute atomic E-state index is 0.991. The summed E-state index contributed by atoms with van der Waals surface area (Å²) in [5.41, 5.74) is 3.60. The second-order valence-corrected chi connectivity index (χ2v) is 3.28. The van der Waals surface area contributed by atoms with Gasteiger partial charge in [-0.25, -0.2) is 0 Å². The number of aromatic nitrogens is 2. The summed E-state index contributed by atoms with van der Waals surface area (Å²) in [6.45, 7) is 1.04. The fourth-order valence-corrected chi connectivity index (χ4v) is 1.78. The van der Waals surface area contributed by atoms with Gasteiger partial charge in [0.15, 0.2) is 0 Å². The van der Waals surface area contributed by atoms with Crippen LogP contribution < -0.4 is 5.32 Å². The highest BCUT2D eigenvalue weighted by Gasteiger charge is 2.10. The molecule has 0 amide bonds. The van der Waals surface area contributed by atoms with E-state index in [1.165, 1.54) is 11.3 Å². The monoisotopic (exact) mass is 171 g/mol. The largest absolute Gasteiger partial charge is 0.384 e. The lowest BCUT2D eigenvalue weighted by Crippen LogP contribution is -1.90.